The second-order valence-corrected chi connectivity index (χ2v) is 9.65. The third-order valence-electron chi connectivity index (χ3n) is 6.22. The topological polar surface area (TPSA) is 84.0 Å². The number of nitrogens with zero attached hydrogens (tertiary/aromatic N) is 2. The molecule has 1 aliphatic heterocycles. The van der Waals surface area contributed by atoms with Crippen LogP contribution in [0.15, 0.2) is 29.2 Å². The molecule has 1 heterocycles. The zero-order valence-electron chi connectivity index (χ0n) is 17.3. The van der Waals surface area contributed by atoms with E-state index in [1.54, 1.807) is 30.9 Å². The van der Waals surface area contributed by atoms with Crippen molar-refractivity contribution in [1.82, 2.24) is 9.21 Å². The van der Waals surface area contributed by atoms with Crippen LogP contribution in [-0.2, 0) is 19.6 Å². The molecule has 3 rings (SSSR count). The van der Waals surface area contributed by atoms with Gasteiger partial charge in [0.05, 0.1) is 12.0 Å². The van der Waals surface area contributed by atoms with Crippen molar-refractivity contribution in [2.24, 2.45) is 5.92 Å². The molecule has 1 amide bonds. The van der Waals surface area contributed by atoms with Gasteiger partial charge in [0.2, 0.25) is 10.0 Å². The van der Waals surface area contributed by atoms with Crippen molar-refractivity contribution >= 4 is 21.9 Å². The standard InChI is InChI=1S/C21H30N2O5S/c1-4-22(5-2)29(26,27)17-11-8-10-16(13-17)20(24)23-18-12-7-6-9-15(18)14-19(23)21(25)28-3/h8,10-11,13,15,18-19H,4-7,9,12,14H2,1-3H3/t15-,18+,19-/m0/s1. The molecule has 2 fully saturated rings. The first kappa shape index (κ1) is 21.8. The quantitative estimate of drug-likeness (QED) is 0.658. The Kier molecular flexibility index (Phi) is 6.63. The first-order valence-corrected chi connectivity index (χ1v) is 11.8. The van der Waals surface area contributed by atoms with E-state index >= 15 is 0 Å². The highest BCUT2D eigenvalue weighted by Crippen LogP contribution is 2.41. The van der Waals surface area contributed by atoms with Gasteiger partial charge in [0.1, 0.15) is 6.04 Å². The van der Waals surface area contributed by atoms with Crippen LogP contribution in [0.1, 0.15) is 56.3 Å². The first-order valence-electron chi connectivity index (χ1n) is 10.4. The van der Waals surface area contributed by atoms with E-state index in [0.29, 0.717) is 31.0 Å². The predicted molar refractivity (Wildman–Crippen MR) is 109 cm³/mol. The van der Waals surface area contributed by atoms with E-state index in [-0.39, 0.29) is 16.8 Å². The van der Waals surface area contributed by atoms with Gasteiger partial charge in [-0.15, -0.1) is 0 Å². The van der Waals surface area contributed by atoms with Gasteiger partial charge >= 0.3 is 5.97 Å². The van der Waals surface area contributed by atoms with Crippen LogP contribution in [0.2, 0.25) is 0 Å². The Morgan fingerprint density at radius 2 is 1.86 bits per heavy atom. The van der Waals surface area contributed by atoms with Gasteiger partial charge in [0, 0.05) is 24.7 Å². The molecule has 0 N–H and O–H groups in total. The lowest BCUT2D eigenvalue weighted by Gasteiger charge is -2.33. The molecule has 1 aromatic carbocycles. The summed E-state index contributed by atoms with van der Waals surface area (Å²) < 4.78 is 32.1. The van der Waals surface area contributed by atoms with Gasteiger partial charge < -0.3 is 9.64 Å². The number of hydrogen-bond donors (Lipinski definition) is 0. The van der Waals surface area contributed by atoms with E-state index in [2.05, 4.69) is 0 Å². The van der Waals surface area contributed by atoms with Crippen LogP contribution in [0.3, 0.4) is 0 Å². The van der Waals surface area contributed by atoms with Crippen LogP contribution >= 0.6 is 0 Å². The number of likely N-dealkylation sites (tertiary alicyclic amines) is 1. The molecule has 0 aromatic heterocycles. The van der Waals surface area contributed by atoms with Crippen LogP contribution < -0.4 is 0 Å². The SMILES string of the molecule is CCN(CC)S(=O)(=O)c1cccc(C(=O)N2[C@@H]3CCCC[C@H]3C[C@H]2C(=O)OC)c1. The number of carbonyl (C=O) groups is 2. The highest BCUT2D eigenvalue weighted by atomic mass is 32.2. The summed E-state index contributed by atoms with van der Waals surface area (Å²) in [6, 6.07) is 5.54. The van der Waals surface area contributed by atoms with Crippen LogP contribution in [0.4, 0.5) is 0 Å². The first-order chi connectivity index (χ1) is 13.8. The van der Waals surface area contributed by atoms with E-state index < -0.39 is 22.0 Å². The molecule has 0 unspecified atom stereocenters. The van der Waals surface area contributed by atoms with Crippen molar-refractivity contribution in [3.8, 4) is 0 Å². The molecule has 3 atom stereocenters. The van der Waals surface area contributed by atoms with E-state index in [9.17, 15) is 18.0 Å². The molecule has 7 nitrogen and oxygen atoms in total. The van der Waals surface area contributed by atoms with Crippen LogP contribution in [0, 0.1) is 5.92 Å². The zero-order valence-corrected chi connectivity index (χ0v) is 18.2. The summed E-state index contributed by atoms with van der Waals surface area (Å²) >= 11 is 0. The summed E-state index contributed by atoms with van der Waals surface area (Å²) in [5.74, 6) is -0.412. The monoisotopic (exact) mass is 422 g/mol. The number of hydrogen-bond acceptors (Lipinski definition) is 5. The van der Waals surface area contributed by atoms with Crippen LogP contribution in [0.5, 0.6) is 0 Å². The Balaban J connectivity index is 1.95. The van der Waals surface area contributed by atoms with E-state index in [0.717, 1.165) is 25.7 Å². The largest absolute Gasteiger partial charge is 0.467 e. The zero-order chi connectivity index (χ0) is 21.2. The highest BCUT2D eigenvalue weighted by molar-refractivity contribution is 7.89. The van der Waals surface area contributed by atoms with Crippen molar-refractivity contribution in [2.75, 3.05) is 20.2 Å². The lowest BCUT2D eigenvalue weighted by molar-refractivity contribution is -0.145. The maximum Gasteiger partial charge on any atom is 0.328 e. The Labute approximate surface area is 173 Å². The van der Waals surface area contributed by atoms with Crippen molar-refractivity contribution in [1.29, 1.82) is 0 Å². The van der Waals surface area contributed by atoms with E-state index in [1.165, 1.54) is 23.5 Å². The summed E-state index contributed by atoms with van der Waals surface area (Å²) in [5.41, 5.74) is 0.290. The molecule has 1 saturated heterocycles. The summed E-state index contributed by atoms with van der Waals surface area (Å²) in [6.07, 6.45) is 4.60. The van der Waals surface area contributed by atoms with Gasteiger partial charge in [0.15, 0.2) is 0 Å². The van der Waals surface area contributed by atoms with Gasteiger partial charge in [-0.25, -0.2) is 13.2 Å². The molecular weight excluding hydrogens is 392 g/mol. The van der Waals surface area contributed by atoms with E-state index in [1.807, 2.05) is 0 Å². The summed E-state index contributed by atoms with van der Waals surface area (Å²) in [6.45, 7) is 4.28. The fourth-order valence-electron chi connectivity index (χ4n) is 4.75. The number of fused-ring (bicyclic) bond motifs is 1. The minimum Gasteiger partial charge on any atom is -0.467 e. The molecule has 2 aliphatic rings. The highest BCUT2D eigenvalue weighted by Gasteiger charge is 2.48. The van der Waals surface area contributed by atoms with Crippen LogP contribution in [0.25, 0.3) is 0 Å². The predicted octanol–water partition coefficient (Wildman–Crippen LogP) is 2.66. The third-order valence-corrected chi connectivity index (χ3v) is 8.27. The Hall–Kier alpha value is -1.93. The van der Waals surface area contributed by atoms with Gasteiger partial charge in [-0.1, -0.05) is 32.8 Å². The molecule has 0 bridgehead atoms. The van der Waals surface area contributed by atoms with Crippen molar-refractivity contribution in [3.05, 3.63) is 29.8 Å². The van der Waals surface area contributed by atoms with Crippen molar-refractivity contribution < 1.29 is 22.7 Å². The maximum absolute atomic E-state index is 13.4. The Morgan fingerprint density at radius 3 is 2.52 bits per heavy atom. The number of ether oxygens (including phenoxy) is 1. The van der Waals surface area contributed by atoms with E-state index in [4.69, 9.17) is 4.74 Å². The number of methoxy groups -OCH3 is 1. The van der Waals surface area contributed by atoms with Crippen molar-refractivity contribution in [3.63, 3.8) is 0 Å². The molecule has 29 heavy (non-hydrogen) atoms. The number of rotatable bonds is 6. The number of sulfonamides is 1. The number of esters is 1. The minimum atomic E-state index is -3.67. The third kappa shape index (κ3) is 4.05. The smallest absolute Gasteiger partial charge is 0.328 e. The molecule has 160 valence electrons. The van der Waals surface area contributed by atoms with Gasteiger partial charge in [-0.3, -0.25) is 4.79 Å². The Morgan fingerprint density at radius 1 is 1.17 bits per heavy atom. The minimum absolute atomic E-state index is 0.00314. The second-order valence-electron chi connectivity index (χ2n) is 7.72. The number of carbonyl (C=O) groups excluding carboxylic acids is 2. The molecule has 8 heteroatoms. The molecule has 0 spiro atoms. The average Bonchev–Trinajstić information content (AvgIpc) is 3.13. The normalized spacial score (nSPS) is 24.4. The fourth-order valence-corrected chi connectivity index (χ4v) is 6.25. The molecule has 1 aromatic rings. The van der Waals surface area contributed by atoms with Crippen LogP contribution in [-0.4, -0.2) is 61.8 Å². The molecular formula is C21H30N2O5S. The lowest BCUT2D eigenvalue weighted by atomic mass is 9.84. The summed E-state index contributed by atoms with van der Waals surface area (Å²) in [5, 5.41) is 0. The maximum atomic E-state index is 13.4. The molecule has 1 aliphatic carbocycles. The molecule has 1 saturated carbocycles. The second kappa shape index (κ2) is 8.83. The average molecular weight is 423 g/mol. The molecule has 0 radical (unpaired) electrons. The van der Waals surface area contributed by atoms with Gasteiger partial charge in [-0.05, 0) is 43.4 Å². The van der Waals surface area contributed by atoms with Gasteiger partial charge in [-0.2, -0.15) is 4.31 Å². The number of amides is 1. The fraction of sp³-hybridized carbons (Fsp3) is 0.619. The lowest BCUT2D eigenvalue weighted by Crippen LogP contribution is -2.46. The summed E-state index contributed by atoms with van der Waals surface area (Å²) in [4.78, 5) is 27.6. The van der Waals surface area contributed by atoms with Gasteiger partial charge in [0.25, 0.3) is 5.91 Å². The summed E-state index contributed by atoms with van der Waals surface area (Å²) in [7, 11) is -2.33. The Bertz CT molecular complexity index is 866. The number of benzene rings is 1. The van der Waals surface area contributed by atoms with Crippen molar-refractivity contribution in [2.45, 2.75) is 62.9 Å².